The third-order valence-electron chi connectivity index (χ3n) is 3.02. The van der Waals surface area contributed by atoms with Crippen LogP contribution in [0.25, 0.3) is 0 Å². The standard InChI is InChI=1S/C16H18BNO2/c17-15-8-6-13(7-9-15)10-11-18-16(19)20-12-14-4-2-1-3-5-14/h1-9H,10-12,17H2,(H,18,19). The van der Waals surface area contributed by atoms with Gasteiger partial charge in [0.2, 0.25) is 0 Å². The molecule has 0 aromatic heterocycles. The number of benzene rings is 2. The number of carbonyl (C=O) groups is 1. The summed E-state index contributed by atoms with van der Waals surface area (Å²) in [5.74, 6) is 0. The van der Waals surface area contributed by atoms with Crippen LogP contribution in [0.1, 0.15) is 11.1 Å². The quantitative estimate of drug-likeness (QED) is 0.832. The highest BCUT2D eigenvalue weighted by atomic mass is 16.5. The van der Waals surface area contributed by atoms with Crippen LogP contribution in [0.5, 0.6) is 0 Å². The molecule has 0 aliphatic carbocycles. The van der Waals surface area contributed by atoms with Crippen LogP contribution in [0.3, 0.4) is 0 Å². The lowest BCUT2D eigenvalue weighted by atomic mass is 9.95. The average molecular weight is 267 g/mol. The maximum atomic E-state index is 11.5. The van der Waals surface area contributed by atoms with Gasteiger partial charge in [-0.2, -0.15) is 0 Å². The number of ether oxygens (including phenoxy) is 1. The van der Waals surface area contributed by atoms with Gasteiger partial charge in [-0.25, -0.2) is 4.79 Å². The molecule has 3 nitrogen and oxygen atoms in total. The number of alkyl carbamates (subject to hydrolysis) is 1. The van der Waals surface area contributed by atoms with Gasteiger partial charge in [-0.05, 0) is 17.5 Å². The van der Waals surface area contributed by atoms with Crippen molar-refractivity contribution in [2.45, 2.75) is 13.0 Å². The second-order valence-corrected chi connectivity index (χ2v) is 4.72. The van der Waals surface area contributed by atoms with E-state index in [-0.39, 0.29) is 6.09 Å². The molecule has 0 saturated carbocycles. The Hall–Kier alpha value is -2.23. The van der Waals surface area contributed by atoms with Crippen molar-refractivity contribution >= 4 is 19.4 Å². The van der Waals surface area contributed by atoms with Gasteiger partial charge in [0.25, 0.3) is 0 Å². The van der Waals surface area contributed by atoms with E-state index in [0.29, 0.717) is 13.2 Å². The molecule has 0 saturated heterocycles. The number of rotatable bonds is 5. The molecule has 2 aromatic rings. The van der Waals surface area contributed by atoms with Gasteiger partial charge in [-0.15, -0.1) is 0 Å². The summed E-state index contributed by atoms with van der Waals surface area (Å²) in [5, 5.41) is 2.75. The van der Waals surface area contributed by atoms with E-state index >= 15 is 0 Å². The Labute approximate surface area is 120 Å². The summed E-state index contributed by atoms with van der Waals surface area (Å²) < 4.78 is 5.14. The Morgan fingerprint density at radius 2 is 1.70 bits per heavy atom. The smallest absolute Gasteiger partial charge is 0.407 e. The number of hydrogen-bond acceptors (Lipinski definition) is 2. The van der Waals surface area contributed by atoms with Crippen molar-refractivity contribution in [3.05, 3.63) is 65.7 Å². The maximum Gasteiger partial charge on any atom is 0.407 e. The maximum absolute atomic E-state index is 11.5. The van der Waals surface area contributed by atoms with Gasteiger partial charge in [0.1, 0.15) is 14.5 Å². The zero-order valence-corrected chi connectivity index (χ0v) is 11.6. The van der Waals surface area contributed by atoms with Gasteiger partial charge in [0.05, 0.1) is 0 Å². The second-order valence-electron chi connectivity index (χ2n) is 4.72. The number of amides is 1. The first-order valence-electron chi connectivity index (χ1n) is 6.74. The lowest BCUT2D eigenvalue weighted by Crippen LogP contribution is -2.26. The first-order valence-corrected chi connectivity index (χ1v) is 6.74. The molecule has 20 heavy (non-hydrogen) atoms. The van der Waals surface area contributed by atoms with Crippen LogP contribution in [0, 0.1) is 0 Å². The molecule has 0 spiro atoms. The van der Waals surface area contributed by atoms with Crippen molar-refractivity contribution in [2.24, 2.45) is 0 Å². The van der Waals surface area contributed by atoms with Crippen molar-refractivity contribution in [3.63, 3.8) is 0 Å². The van der Waals surface area contributed by atoms with Crippen LogP contribution in [-0.4, -0.2) is 20.5 Å². The SMILES string of the molecule is Bc1ccc(CCNC(=O)OCc2ccccc2)cc1. The minimum absolute atomic E-state index is 0.303. The third-order valence-corrected chi connectivity index (χ3v) is 3.02. The largest absolute Gasteiger partial charge is 0.445 e. The van der Waals surface area contributed by atoms with E-state index in [1.54, 1.807) is 0 Å². The van der Waals surface area contributed by atoms with Gasteiger partial charge in [-0.3, -0.25) is 0 Å². The highest BCUT2D eigenvalue weighted by Crippen LogP contribution is 2.01. The van der Waals surface area contributed by atoms with Crippen LogP contribution in [0.2, 0.25) is 0 Å². The zero-order valence-electron chi connectivity index (χ0n) is 11.6. The molecule has 0 heterocycles. The summed E-state index contributed by atoms with van der Waals surface area (Å²) >= 11 is 0. The van der Waals surface area contributed by atoms with Crippen LogP contribution in [-0.2, 0) is 17.8 Å². The van der Waals surface area contributed by atoms with Crippen LogP contribution in [0.4, 0.5) is 4.79 Å². The molecule has 0 aliphatic heterocycles. The summed E-state index contributed by atoms with van der Waals surface area (Å²) in [6.07, 6.45) is 0.432. The normalized spacial score (nSPS) is 10.0. The zero-order chi connectivity index (χ0) is 14.2. The molecular weight excluding hydrogens is 249 g/mol. The highest BCUT2D eigenvalue weighted by molar-refractivity contribution is 6.32. The van der Waals surface area contributed by atoms with Crippen LogP contribution in [0.15, 0.2) is 54.6 Å². The second kappa shape index (κ2) is 7.39. The van der Waals surface area contributed by atoms with Gasteiger partial charge in [0.15, 0.2) is 0 Å². The first kappa shape index (κ1) is 14.2. The number of carbonyl (C=O) groups excluding carboxylic acids is 1. The topological polar surface area (TPSA) is 38.3 Å². The molecule has 0 atom stereocenters. The molecule has 1 N–H and O–H groups in total. The van der Waals surface area contributed by atoms with Crippen LogP contribution >= 0.6 is 0 Å². The van der Waals surface area contributed by atoms with Crippen molar-refractivity contribution in [1.29, 1.82) is 0 Å². The first-order chi connectivity index (χ1) is 9.74. The summed E-state index contributed by atoms with van der Waals surface area (Å²) in [7, 11) is 2.06. The van der Waals surface area contributed by atoms with Crippen molar-refractivity contribution in [1.82, 2.24) is 5.32 Å². The molecule has 0 unspecified atom stereocenters. The molecule has 1 amide bonds. The summed E-state index contributed by atoms with van der Waals surface area (Å²) in [6, 6.07) is 17.9. The van der Waals surface area contributed by atoms with Crippen LogP contribution < -0.4 is 10.8 Å². The molecule has 4 heteroatoms. The Bertz CT molecular complexity index is 540. The summed E-state index contributed by atoms with van der Waals surface area (Å²) in [6.45, 7) is 0.883. The molecular formula is C16H18BNO2. The molecule has 2 aromatic carbocycles. The van der Waals surface area contributed by atoms with E-state index < -0.39 is 0 Å². The van der Waals surface area contributed by atoms with Gasteiger partial charge < -0.3 is 10.1 Å². The minimum Gasteiger partial charge on any atom is -0.445 e. The van der Waals surface area contributed by atoms with Crippen molar-refractivity contribution in [3.8, 4) is 0 Å². The fourth-order valence-corrected chi connectivity index (χ4v) is 1.84. The fraction of sp³-hybridized carbons (Fsp3) is 0.188. The Morgan fingerprint density at radius 1 is 1.00 bits per heavy atom. The predicted molar refractivity (Wildman–Crippen MR) is 83.0 cm³/mol. The molecule has 0 radical (unpaired) electrons. The van der Waals surface area contributed by atoms with Gasteiger partial charge in [-0.1, -0.05) is 60.1 Å². The fourth-order valence-electron chi connectivity index (χ4n) is 1.84. The van der Waals surface area contributed by atoms with E-state index in [2.05, 4.69) is 37.4 Å². The lowest BCUT2D eigenvalue weighted by molar-refractivity contribution is 0.140. The highest BCUT2D eigenvalue weighted by Gasteiger charge is 2.02. The molecule has 0 fully saturated rings. The van der Waals surface area contributed by atoms with E-state index in [1.807, 2.05) is 30.3 Å². The molecule has 2 rings (SSSR count). The van der Waals surface area contributed by atoms with Crippen molar-refractivity contribution < 1.29 is 9.53 Å². The minimum atomic E-state index is -0.374. The Kier molecular flexibility index (Phi) is 5.24. The van der Waals surface area contributed by atoms with Gasteiger partial charge in [0, 0.05) is 6.54 Å². The predicted octanol–water partition coefficient (Wildman–Crippen LogP) is 1.41. The molecule has 0 aliphatic rings. The molecule has 0 bridgehead atoms. The summed E-state index contributed by atoms with van der Waals surface area (Å²) in [4.78, 5) is 11.5. The number of hydrogen-bond donors (Lipinski definition) is 1. The Balaban J connectivity index is 1.66. The van der Waals surface area contributed by atoms with E-state index in [9.17, 15) is 4.79 Å². The Morgan fingerprint density at radius 3 is 2.40 bits per heavy atom. The third kappa shape index (κ3) is 4.80. The van der Waals surface area contributed by atoms with E-state index in [1.165, 1.54) is 11.0 Å². The average Bonchev–Trinajstić information content (AvgIpc) is 2.48. The van der Waals surface area contributed by atoms with Crippen molar-refractivity contribution in [2.75, 3.05) is 6.54 Å². The van der Waals surface area contributed by atoms with E-state index in [4.69, 9.17) is 4.74 Å². The summed E-state index contributed by atoms with van der Waals surface area (Å²) in [5.41, 5.74) is 3.43. The monoisotopic (exact) mass is 267 g/mol. The molecule has 102 valence electrons. The van der Waals surface area contributed by atoms with Gasteiger partial charge >= 0.3 is 6.09 Å². The number of nitrogens with one attached hydrogen (secondary N) is 1. The lowest BCUT2D eigenvalue weighted by Gasteiger charge is -2.07. The van der Waals surface area contributed by atoms with E-state index in [0.717, 1.165) is 12.0 Å².